The summed E-state index contributed by atoms with van der Waals surface area (Å²) in [4.78, 5) is 10.4. The molecule has 4 nitrogen and oxygen atoms in total. The van der Waals surface area contributed by atoms with Gasteiger partial charge in [0.15, 0.2) is 0 Å². The quantitative estimate of drug-likeness (QED) is 0.639. The van der Waals surface area contributed by atoms with Crippen LogP contribution in [0.2, 0.25) is 0 Å². The average Bonchev–Trinajstić information content (AvgIpc) is 2.51. The van der Waals surface area contributed by atoms with Crippen LogP contribution in [0.4, 0.5) is 0 Å². The standard InChI is InChI=1S/C8H15NO3/c1-6(8(10)11)9-5-7-3-2-4-12-7/h6-7,9H,2-5H2,1H3,(H,10,11)/t6-,7?/m1/s1. The highest BCUT2D eigenvalue weighted by atomic mass is 16.5. The summed E-state index contributed by atoms with van der Waals surface area (Å²) in [6, 6.07) is -0.478. The van der Waals surface area contributed by atoms with E-state index in [1.807, 2.05) is 0 Å². The third-order valence-electron chi connectivity index (χ3n) is 2.05. The first-order valence-electron chi connectivity index (χ1n) is 4.28. The maximum atomic E-state index is 10.4. The Kier molecular flexibility index (Phi) is 3.49. The number of nitrogens with one attached hydrogen (secondary N) is 1. The first kappa shape index (κ1) is 9.48. The van der Waals surface area contributed by atoms with Gasteiger partial charge in [0.2, 0.25) is 0 Å². The van der Waals surface area contributed by atoms with E-state index in [2.05, 4.69) is 5.32 Å². The van der Waals surface area contributed by atoms with Crippen molar-refractivity contribution < 1.29 is 14.6 Å². The third kappa shape index (κ3) is 2.79. The Bertz CT molecular complexity index is 154. The molecular formula is C8H15NO3. The first-order valence-corrected chi connectivity index (χ1v) is 4.28. The first-order chi connectivity index (χ1) is 5.70. The van der Waals surface area contributed by atoms with Crippen molar-refractivity contribution in [3.05, 3.63) is 0 Å². The zero-order valence-corrected chi connectivity index (χ0v) is 7.25. The molecule has 0 aliphatic carbocycles. The van der Waals surface area contributed by atoms with Crippen molar-refractivity contribution in [2.75, 3.05) is 13.2 Å². The summed E-state index contributed by atoms with van der Waals surface area (Å²) < 4.78 is 5.33. The van der Waals surface area contributed by atoms with Crippen LogP contribution >= 0.6 is 0 Å². The van der Waals surface area contributed by atoms with Gasteiger partial charge in [-0.05, 0) is 19.8 Å². The summed E-state index contributed by atoms with van der Waals surface area (Å²) in [5.74, 6) is -0.812. The highest BCUT2D eigenvalue weighted by molar-refractivity contribution is 5.72. The van der Waals surface area contributed by atoms with Crippen molar-refractivity contribution in [1.82, 2.24) is 5.32 Å². The minimum atomic E-state index is -0.812. The Morgan fingerprint density at radius 2 is 2.58 bits per heavy atom. The molecule has 0 radical (unpaired) electrons. The lowest BCUT2D eigenvalue weighted by Crippen LogP contribution is -2.38. The van der Waals surface area contributed by atoms with Crippen LogP contribution in [0.3, 0.4) is 0 Å². The largest absolute Gasteiger partial charge is 0.480 e. The maximum absolute atomic E-state index is 10.4. The number of carboxylic acids is 1. The fraction of sp³-hybridized carbons (Fsp3) is 0.875. The number of carbonyl (C=O) groups is 1. The van der Waals surface area contributed by atoms with Crippen molar-refractivity contribution in [3.63, 3.8) is 0 Å². The van der Waals surface area contributed by atoms with Crippen LogP contribution in [0, 0.1) is 0 Å². The molecule has 0 aromatic rings. The van der Waals surface area contributed by atoms with Crippen molar-refractivity contribution in [3.8, 4) is 0 Å². The summed E-state index contributed by atoms with van der Waals surface area (Å²) in [6.07, 6.45) is 2.35. The smallest absolute Gasteiger partial charge is 0.320 e. The summed E-state index contributed by atoms with van der Waals surface area (Å²) in [5, 5.41) is 11.5. The predicted molar refractivity (Wildman–Crippen MR) is 44.1 cm³/mol. The molecule has 1 unspecified atom stereocenters. The molecule has 1 rings (SSSR count). The molecule has 0 amide bonds. The lowest BCUT2D eigenvalue weighted by atomic mass is 10.2. The van der Waals surface area contributed by atoms with Crippen molar-refractivity contribution >= 4 is 5.97 Å². The van der Waals surface area contributed by atoms with E-state index in [-0.39, 0.29) is 6.10 Å². The number of aliphatic carboxylic acids is 1. The Morgan fingerprint density at radius 1 is 1.83 bits per heavy atom. The number of hydrogen-bond acceptors (Lipinski definition) is 3. The zero-order valence-electron chi connectivity index (χ0n) is 7.25. The lowest BCUT2D eigenvalue weighted by Gasteiger charge is -2.13. The van der Waals surface area contributed by atoms with Crippen LogP contribution in [0.15, 0.2) is 0 Å². The van der Waals surface area contributed by atoms with E-state index < -0.39 is 12.0 Å². The summed E-state index contributed by atoms with van der Waals surface area (Å²) in [7, 11) is 0. The molecule has 1 heterocycles. The maximum Gasteiger partial charge on any atom is 0.320 e. The fourth-order valence-corrected chi connectivity index (χ4v) is 1.20. The molecular weight excluding hydrogens is 158 g/mol. The lowest BCUT2D eigenvalue weighted by molar-refractivity contribution is -0.139. The van der Waals surface area contributed by atoms with Gasteiger partial charge in [-0.3, -0.25) is 4.79 Å². The van der Waals surface area contributed by atoms with Gasteiger partial charge < -0.3 is 15.2 Å². The third-order valence-corrected chi connectivity index (χ3v) is 2.05. The van der Waals surface area contributed by atoms with E-state index in [0.29, 0.717) is 6.54 Å². The van der Waals surface area contributed by atoms with Gasteiger partial charge >= 0.3 is 5.97 Å². The van der Waals surface area contributed by atoms with Gasteiger partial charge in [-0.1, -0.05) is 0 Å². The van der Waals surface area contributed by atoms with Gasteiger partial charge in [0.25, 0.3) is 0 Å². The molecule has 1 aliphatic heterocycles. The van der Waals surface area contributed by atoms with Crippen molar-refractivity contribution in [2.24, 2.45) is 0 Å². The van der Waals surface area contributed by atoms with Crippen LogP contribution in [-0.4, -0.2) is 36.4 Å². The second-order valence-corrected chi connectivity index (χ2v) is 3.10. The minimum Gasteiger partial charge on any atom is -0.480 e. The molecule has 12 heavy (non-hydrogen) atoms. The monoisotopic (exact) mass is 173 g/mol. The SMILES string of the molecule is C[C@@H](NCC1CCCO1)C(=O)O. The number of carboxylic acid groups (broad SMARTS) is 1. The van der Waals surface area contributed by atoms with Crippen LogP contribution in [-0.2, 0) is 9.53 Å². The normalized spacial score (nSPS) is 25.6. The summed E-state index contributed by atoms with van der Waals surface area (Å²) in [6.45, 7) is 3.10. The van der Waals surface area contributed by atoms with Gasteiger partial charge in [0.05, 0.1) is 6.10 Å². The molecule has 1 aliphatic rings. The topological polar surface area (TPSA) is 58.6 Å². The van der Waals surface area contributed by atoms with Crippen LogP contribution in [0.25, 0.3) is 0 Å². The van der Waals surface area contributed by atoms with Gasteiger partial charge in [0, 0.05) is 13.2 Å². The van der Waals surface area contributed by atoms with Gasteiger partial charge in [-0.25, -0.2) is 0 Å². The summed E-state index contributed by atoms with van der Waals surface area (Å²) in [5.41, 5.74) is 0. The van der Waals surface area contributed by atoms with Crippen molar-refractivity contribution in [2.45, 2.75) is 31.9 Å². The molecule has 4 heteroatoms. The molecule has 0 aromatic heterocycles. The van der Waals surface area contributed by atoms with Crippen LogP contribution < -0.4 is 5.32 Å². The molecule has 1 saturated heterocycles. The van der Waals surface area contributed by atoms with E-state index in [0.717, 1.165) is 19.4 Å². The minimum absolute atomic E-state index is 0.215. The molecule has 1 fully saturated rings. The molecule has 2 atom stereocenters. The van der Waals surface area contributed by atoms with E-state index in [9.17, 15) is 4.79 Å². The second kappa shape index (κ2) is 4.42. The summed E-state index contributed by atoms with van der Waals surface area (Å²) >= 11 is 0. The van der Waals surface area contributed by atoms with Crippen molar-refractivity contribution in [1.29, 1.82) is 0 Å². The molecule has 2 N–H and O–H groups in total. The van der Waals surface area contributed by atoms with Gasteiger partial charge in [-0.15, -0.1) is 0 Å². The van der Waals surface area contributed by atoms with Crippen LogP contribution in [0.5, 0.6) is 0 Å². The molecule has 0 bridgehead atoms. The highest BCUT2D eigenvalue weighted by Gasteiger charge is 2.17. The highest BCUT2D eigenvalue weighted by Crippen LogP contribution is 2.10. The molecule has 70 valence electrons. The Balaban J connectivity index is 2.11. The number of hydrogen-bond donors (Lipinski definition) is 2. The van der Waals surface area contributed by atoms with Gasteiger partial charge in [-0.2, -0.15) is 0 Å². The number of rotatable bonds is 4. The van der Waals surface area contributed by atoms with Crippen LogP contribution in [0.1, 0.15) is 19.8 Å². The average molecular weight is 173 g/mol. The number of ether oxygens (including phenoxy) is 1. The zero-order chi connectivity index (χ0) is 8.97. The second-order valence-electron chi connectivity index (χ2n) is 3.10. The van der Waals surface area contributed by atoms with E-state index in [1.54, 1.807) is 6.92 Å². The predicted octanol–water partition coefficient (Wildman–Crippen LogP) is 0.228. The Hall–Kier alpha value is -0.610. The van der Waals surface area contributed by atoms with E-state index >= 15 is 0 Å². The molecule has 0 aromatic carbocycles. The van der Waals surface area contributed by atoms with E-state index in [1.165, 1.54) is 0 Å². The molecule has 0 spiro atoms. The fourth-order valence-electron chi connectivity index (χ4n) is 1.20. The Labute approximate surface area is 71.9 Å². The van der Waals surface area contributed by atoms with Gasteiger partial charge in [0.1, 0.15) is 6.04 Å². The van der Waals surface area contributed by atoms with E-state index in [4.69, 9.17) is 9.84 Å². The Morgan fingerprint density at radius 3 is 3.08 bits per heavy atom. The molecule has 0 saturated carbocycles.